The Kier molecular flexibility index (Phi) is 12.2. The van der Waals surface area contributed by atoms with Crippen molar-refractivity contribution in [2.24, 2.45) is 0 Å². The van der Waals surface area contributed by atoms with E-state index in [-0.39, 0.29) is 45.6 Å². The molecule has 0 heterocycles. The first-order valence-corrected chi connectivity index (χ1v) is 17.2. The fraction of sp³-hybridized carbons (Fsp3) is 0.412. The van der Waals surface area contributed by atoms with Crippen LogP contribution in [0.4, 0.5) is 5.69 Å². The highest BCUT2D eigenvalue weighted by Crippen LogP contribution is 2.37. The number of sulfonamides is 1. The van der Waals surface area contributed by atoms with Crippen molar-refractivity contribution in [1.82, 2.24) is 10.2 Å². The van der Waals surface area contributed by atoms with Gasteiger partial charge in [-0.2, -0.15) is 0 Å². The number of carbonyl (C=O) groups is 2. The fourth-order valence-electron chi connectivity index (χ4n) is 5.72. The summed E-state index contributed by atoms with van der Waals surface area (Å²) >= 11 is 6.35. The van der Waals surface area contributed by atoms with Crippen molar-refractivity contribution in [1.29, 1.82) is 0 Å². The Morgan fingerprint density at radius 2 is 1.54 bits per heavy atom. The molecule has 0 saturated heterocycles. The van der Waals surface area contributed by atoms with Gasteiger partial charge in [-0.25, -0.2) is 8.42 Å². The molecule has 1 atom stereocenters. The number of amides is 2. The number of methoxy groups -OCH3 is 3. The molecule has 0 spiro atoms. The van der Waals surface area contributed by atoms with Gasteiger partial charge in [-0.05, 0) is 55.2 Å². The first kappa shape index (κ1) is 34.9. The average molecular weight is 672 g/mol. The van der Waals surface area contributed by atoms with Gasteiger partial charge in [-0.15, -0.1) is 0 Å². The summed E-state index contributed by atoms with van der Waals surface area (Å²) in [6.07, 6.45) is 5.33. The molecule has 46 heavy (non-hydrogen) atoms. The van der Waals surface area contributed by atoms with Crippen LogP contribution < -0.4 is 23.8 Å². The number of rotatable bonds is 14. The van der Waals surface area contributed by atoms with Gasteiger partial charge in [0.15, 0.2) is 11.5 Å². The summed E-state index contributed by atoms with van der Waals surface area (Å²) < 4.78 is 46.0. The van der Waals surface area contributed by atoms with E-state index in [0.717, 1.165) is 42.0 Å². The molecule has 12 heteroatoms. The van der Waals surface area contributed by atoms with E-state index >= 15 is 0 Å². The highest BCUT2D eigenvalue weighted by atomic mass is 35.5. The van der Waals surface area contributed by atoms with Gasteiger partial charge >= 0.3 is 0 Å². The molecule has 0 aliphatic heterocycles. The van der Waals surface area contributed by atoms with Gasteiger partial charge in [0.2, 0.25) is 11.8 Å². The topological polar surface area (TPSA) is 114 Å². The third-order valence-corrected chi connectivity index (χ3v) is 10.2. The quantitative estimate of drug-likeness (QED) is 0.230. The Bertz CT molecular complexity index is 1600. The van der Waals surface area contributed by atoms with Crippen molar-refractivity contribution in [3.8, 4) is 17.2 Å². The minimum absolute atomic E-state index is 0.0432. The number of ether oxygens (including phenoxy) is 3. The van der Waals surface area contributed by atoms with Crippen molar-refractivity contribution in [2.75, 3.05) is 32.2 Å². The summed E-state index contributed by atoms with van der Waals surface area (Å²) in [6, 6.07) is 17.2. The zero-order valence-corrected chi connectivity index (χ0v) is 28.3. The van der Waals surface area contributed by atoms with Crippen LogP contribution in [0.5, 0.6) is 17.2 Å². The third-order valence-electron chi connectivity index (χ3n) is 8.16. The maximum Gasteiger partial charge on any atom is 0.265 e. The number of anilines is 1. The monoisotopic (exact) mass is 671 g/mol. The molecule has 10 nitrogen and oxygen atoms in total. The van der Waals surface area contributed by atoms with Gasteiger partial charge in [-0.3, -0.25) is 13.9 Å². The summed E-state index contributed by atoms with van der Waals surface area (Å²) in [7, 11) is -0.173. The van der Waals surface area contributed by atoms with Gasteiger partial charge in [0.25, 0.3) is 10.0 Å². The molecular weight excluding hydrogens is 630 g/mol. The molecule has 3 aromatic carbocycles. The first-order chi connectivity index (χ1) is 22.1. The summed E-state index contributed by atoms with van der Waals surface area (Å²) in [4.78, 5) is 29.5. The standard InChI is InChI=1S/C34H42ClN3O7S/c1-5-28(34(40)36-26-14-10-7-11-15-26)37(22-24-12-8-6-9-13-24)33(39)23-38(29-20-25(35)16-18-30(29)43-2)46(41,42)27-17-19-31(44-3)32(21-27)45-4/h6,8-9,12-13,16-21,26,28H,5,7,10-11,14-15,22-23H2,1-4H3,(H,36,40). The number of carbonyl (C=O) groups excluding carboxylic acids is 2. The van der Waals surface area contributed by atoms with Crippen molar-refractivity contribution < 1.29 is 32.2 Å². The molecule has 248 valence electrons. The number of halogens is 1. The van der Waals surface area contributed by atoms with Crippen LogP contribution in [0.2, 0.25) is 5.02 Å². The lowest BCUT2D eigenvalue weighted by Gasteiger charge is -2.34. The Labute approximate surface area is 276 Å². The molecule has 3 aromatic rings. The minimum atomic E-state index is -4.43. The number of nitrogens with zero attached hydrogens (tertiary/aromatic N) is 2. The fourth-order valence-corrected chi connectivity index (χ4v) is 7.32. The largest absolute Gasteiger partial charge is 0.495 e. The number of benzene rings is 3. The Morgan fingerprint density at radius 1 is 0.891 bits per heavy atom. The second kappa shape index (κ2) is 16.0. The highest BCUT2D eigenvalue weighted by Gasteiger charge is 2.36. The maximum absolute atomic E-state index is 14.4. The smallest absolute Gasteiger partial charge is 0.265 e. The van der Waals surface area contributed by atoms with Gasteiger partial charge in [-0.1, -0.05) is 68.1 Å². The van der Waals surface area contributed by atoms with Crippen LogP contribution in [-0.4, -0.2) is 65.1 Å². The van der Waals surface area contributed by atoms with Crippen molar-refractivity contribution >= 4 is 39.1 Å². The van der Waals surface area contributed by atoms with Crippen molar-refractivity contribution in [3.05, 3.63) is 77.3 Å². The minimum Gasteiger partial charge on any atom is -0.495 e. The molecule has 0 bridgehead atoms. The molecule has 0 radical (unpaired) electrons. The second-order valence-electron chi connectivity index (χ2n) is 11.1. The van der Waals surface area contributed by atoms with Crippen LogP contribution in [0.1, 0.15) is 51.0 Å². The maximum atomic E-state index is 14.4. The lowest BCUT2D eigenvalue weighted by Crippen LogP contribution is -2.54. The van der Waals surface area contributed by atoms with Gasteiger partial charge in [0.1, 0.15) is 18.3 Å². The molecule has 0 aromatic heterocycles. The molecule has 2 amide bonds. The van der Waals surface area contributed by atoms with Crippen LogP contribution in [0, 0.1) is 0 Å². The summed E-state index contributed by atoms with van der Waals surface area (Å²) in [5, 5.41) is 3.40. The highest BCUT2D eigenvalue weighted by molar-refractivity contribution is 7.92. The second-order valence-corrected chi connectivity index (χ2v) is 13.4. The number of nitrogens with one attached hydrogen (secondary N) is 1. The predicted octanol–water partition coefficient (Wildman–Crippen LogP) is 5.82. The lowest BCUT2D eigenvalue weighted by atomic mass is 9.95. The van der Waals surface area contributed by atoms with E-state index in [4.69, 9.17) is 25.8 Å². The third kappa shape index (κ3) is 8.24. The van der Waals surface area contributed by atoms with Crippen molar-refractivity contribution in [2.45, 2.75) is 69.0 Å². The molecule has 1 N–H and O–H groups in total. The van der Waals surface area contributed by atoms with Crippen LogP contribution in [0.15, 0.2) is 71.6 Å². The zero-order chi connectivity index (χ0) is 33.3. The lowest BCUT2D eigenvalue weighted by molar-refractivity contribution is -0.140. The molecule has 1 aliphatic rings. The molecule has 4 rings (SSSR count). The molecule has 1 unspecified atom stereocenters. The molecule has 1 fully saturated rings. The van der Waals surface area contributed by atoms with Crippen molar-refractivity contribution in [3.63, 3.8) is 0 Å². The number of hydrogen-bond donors (Lipinski definition) is 1. The Morgan fingerprint density at radius 3 is 2.17 bits per heavy atom. The van der Waals surface area contributed by atoms with Gasteiger partial charge < -0.3 is 24.4 Å². The summed E-state index contributed by atoms with van der Waals surface area (Å²) in [5.74, 6) is -0.0934. The molecule has 1 saturated carbocycles. The average Bonchev–Trinajstić information content (AvgIpc) is 3.07. The Hall–Kier alpha value is -3.96. The Balaban J connectivity index is 1.78. The van der Waals surface area contributed by atoms with E-state index in [1.165, 1.54) is 56.6 Å². The molecular formula is C34H42ClN3O7S. The van der Waals surface area contributed by atoms with Crippen LogP contribution in [-0.2, 0) is 26.2 Å². The SMILES string of the molecule is CCC(C(=O)NC1CCCCC1)N(Cc1ccccc1)C(=O)CN(c1cc(Cl)ccc1OC)S(=O)(=O)c1ccc(OC)c(OC)c1. The van der Waals surface area contributed by atoms with E-state index in [1.54, 1.807) is 6.07 Å². The number of hydrogen-bond acceptors (Lipinski definition) is 7. The summed E-state index contributed by atoms with van der Waals surface area (Å²) in [6.45, 7) is 1.31. The van der Waals surface area contributed by atoms with E-state index in [2.05, 4.69) is 5.32 Å². The normalized spacial score (nSPS) is 14.2. The van der Waals surface area contributed by atoms with E-state index in [9.17, 15) is 18.0 Å². The summed E-state index contributed by atoms with van der Waals surface area (Å²) in [5.41, 5.74) is 0.868. The van der Waals surface area contributed by atoms with Crippen LogP contribution in [0.3, 0.4) is 0 Å². The van der Waals surface area contributed by atoms with Crippen LogP contribution in [0.25, 0.3) is 0 Å². The van der Waals surface area contributed by atoms with E-state index in [0.29, 0.717) is 12.2 Å². The van der Waals surface area contributed by atoms with Gasteiger partial charge in [0, 0.05) is 23.7 Å². The predicted molar refractivity (Wildman–Crippen MR) is 178 cm³/mol. The van der Waals surface area contributed by atoms with Crippen LogP contribution >= 0.6 is 11.6 Å². The molecule has 1 aliphatic carbocycles. The van der Waals surface area contributed by atoms with Gasteiger partial charge in [0.05, 0.1) is 31.9 Å². The first-order valence-electron chi connectivity index (χ1n) is 15.3. The van der Waals surface area contributed by atoms with E-state index in [1.807, 2.05) is 37.3 Å². The van der Waals surface area contributed by atoms with E-state index < -0.39 is 28.5 Å². The zero-order valence-electron chi connectivity index (χ0n) is 26.7.